The van der Waals surface area contributed by atoms with Gasteiger partial charge in [-0.3, -0.25) is 0 Å². The Labute approximate surface area is 295 Å². The van der Waals surface area contributed by atoms with Gasteiger partial charge in [0.15, 0.2) is 25.2 Å². The van der Waals surface area contributed by atoms with Gasteiger partial charge in [0.25, 0.3) is 0 Å². The van der Waals surface area contributed by atoms with Crippen LogP contribution in [-0.2, 0) is 33.2 Å². The highest BCUT2D eigenvalue weighted by molar-refractivity contribution is 7.99. The van der Waals surface area contributed by atoms with E-state index in [0.717, 1.165) is 19.3 Å². The first-order valence-electron chi connectivity index (χ1n) is 17.4. The molecule has 0 aromatic carbocycles. The minimum atomic E-state index is -1.85. The van der Waals surface area contributed by atoms with Gasteiger partial charge in [-0.1, -0.05) is 27.2 Å². The van der Waals surface area contributed by atoms with Crippen LogP contribution in [0.25, 0.3) is 0 Å². The van der Waals surface area contributed by atoms with Crippen LogP contribution >= 0.6 is 11.8 Å². The molecule has 0 aromatic rings. The number of aliphatic hydroxyl groups is 10. The fourth-order valence-corrected chi connectivity index (χ4v) is 7.60. The SMILES string of the molecule is CCCCN[C@H]1C(O[C@H]2OC(C)[C@@H](O)C(O)[C@@H]2O)[C@@H](O[C@@H]2OC(CO)[C@H](O)[C@H](O)[C@H]2O[C@@H]2OC(O)[C@H](O)[C@@H](O)C2C)C(CO)O[C@H]1SCCC. The molecule has 18 nitrogen and oxygen atoms in total. The molecule has 4 aliphatic rings. The summed E-state index contributed by atoms with van der Waals surface area (Å²) < 4.78 is 42.2. The van der Waals surface area contributed by atoms with Crippen LogP contribution in [0.1, 0.15) is 47.0 Å². The predicted octanol–water partition coefficient (Wildman–Crippen LogP) is -3.94. The van der Waals surface area contributed by atoms with E-state index in [2.05, 4.69) is 5.32 Å². The molecule has 4 fully saturated rings. The quantitative estimate of drug-likeness (QED) is 0.0714. The van der Waals surface area contributed by atoms with Gasteiger partial charge in [0.2, 0.25) is 0 Å². The van der Waals surface area contributed by atoms with Crippen LogP contribution in [0.15, 0.2) is 0 Å². The van der Waals surface area contributed by atoms with Crippen molar-refractivity contribution in [2.45, 2.75) is 163 Å². The average molecular weight is 748 g/mol. The van der Waals surface area contributed by atoms with Crippen molar-refractivity contribution in [1.29, 1.82) is 0 Å². The molecule has 19 heteroatoms. The van der Waals surface area contributed by atoms with E-state index in [4.69, 9.17) is 33.2 Å². The van der Waals surface area contributed by atoms with Crippen molar-refractivity contribution >= 4 is 11.8 Å². The van der Waals surface area contributed by atoms with E-state index in [1.807, 2.05) is 13.8 Å². The van der Waals surface area contributed by atoms with E-state index in [-0.39, 0.29) is 0 Å². The zero-order valence-corrected chi connectivity index (χ0v) is 29.6. The molecule has 0 aromatic heterocycles. The van der Waals surface area contributed by atoms with E-state index in [9.17, 15) is 51.1 Å². The van der Waals surface area contributed by atoms with E-state index in [1.165, 1.54) is 25.6 Å². The minimum Gasteiger partial charge on any atom is -0.394 e. The molecule has 294 valence electrons. The van der Waals surface area contributed by atoms with Crippen molar-refractivity contribution in [1.82, 2.24) is 5.32 Å². The zero-order chi connectivity index (χ0) is 36.9. The summed E-state index contributed by atoms with van der Waals surface area (Å²) in [5, 5.41) is 109. The Morgan fingerprint density at radius 1 is 0.600 bits per heavy atom. The van der Waals surface area contributed by atoms with E-state index in [1.54, 1.807) is 0 Å². The van der Waals surface area contributed by atoms with Gasteiger partial charge in [0.1, 0.15) is 72.6 Å². The van der Waals surface area contributed by atoms with Crippen LogP contribution < -0.4 is 5.32 Å². The summed E-state index contributed by atoms with van der Waals surface area (Å²) in [7, 11) is 0. The second kappa shape index (κ2) is 19.3. The third-order valence-corrected chi connectivity index (χ3v) is 11.0. The summed E-state index contributed by atoms with van der Waals surface area (Å²) in [6.45, 7) is 6.13. The molecule has 4 heterocycles. The van der Waals surface area contributed by atoms with Crippen molar-refractivity contribution in [3.63, 3.8) is 0 Å². The fourth-order valence-electron chi connectivity index (χ4n) is 6.45. The molecule has 7 unspecified atom stereocenters. The summed E-state index contributed by atoms with van der Waals surface area (Å²) in [6.07, 6.45) is -22.8. The van der Waals surface area contributed by atoms with Crippen molar-refractivity contribution in [2.24, 2.45) is 5.92 Å². The van der Waals surface area contributed by atoms with E-state index < -0.39 is 135 Å². The first-order valence-corrected chi connectivity index (χ1v) is 18.4. The summed E-state index contributed by atoms with van der Waals surface area (Å²) in [4.78, 5) is 0. The third kappa shape index (κ3) is 9.46. The Balaban J connectivity index is 1.71. The predicted molar refractivity (Wildman–Crippen MR) is 172 cm³/mol. The lowest BCUT2D eigenvalue weighted by Crippen LogP contribution is -2.69. The Hall–Kier alpha value is -0.370. The third-order valence-electron chi connectivity index (χ3n) is 9.61. The van der Waals surface area contributed by atoms with Gasteiger partial charge in [0, 0.05) is 5.92 Å². The molecular formula is C31H57NO17S. The average Bonchev–Trinajstić information content (AvgIpc) is 3.10. The minimum absolute atomic E-state index is 0.506. The standard InChI is InChI=1S/C31H57NO17S/c1-5-7-8-32-16-25(47-29-23(41)20(38)18(36)13(4)43-29)24(15(11-34)45-31(16)50-9-6-2)46-30-26(21(39)19(37)14(10-33)44-30)48-28-12(3)17(35)22(40)27(42)49-28/h12-42H,5-11H2,1-4H3/t12?,13?,14?,15?,16-,17-,18+,19-,20?,21-,22+,23-,24-,25?,26+,27?,28+,29+,30-,31-/m0/s1. The van der Waals surface area contributed by atoms with Gasteiger partial charge in [-0.15, -0.1) is 11.8 Å². The van der Waals surface area contributed by atoms with E-state index >= 15 is 0 Å². The lowest BCUT2D eigenvalue weighted by atomic mass is 9.94. The number of aliphatic hydroxyl groups excluding tert-OH is 10. The lowest BCUT2D eigenvalue weighted by Gasteiger charge is -2.51. The van der Waals surface area contributed by atoms with Crippen molar-refractivity contribution in [3.05, 3.63) is 0 Å². The highest BCUT2D eigenvalue weighted by Crippen LogP contribution is 2.38. The Bertz CT molecular complexity index is 1010. The molecule has 11 N–H and O–H groups in total. The summed E-state index contributed by atoms with van der Waals surface area (Å²) >= 11 is 1.46. The topological polar surface area (TPSA) is 279 Å². The van der Waals surface area contributed by atoms with Gasteiger partial charge in [-0.2, -0.15) is 0 Å². The highest BCUT2D eigenvalue weighted by Gasteiger charge is 2.55. The van der Waals surface area contributed by atoms with Crippen LogP contribution in [0, 0.1) is 5.92 Å². The molecule has 4 rings (SSSR count). The van der Waals surface area contributed by atoms with Crippen LogP contribution in [0.5, 0.6) is 0 Å². The van der Waals surface area contributed by atoms with Crippen molar-refractivity contribution < 1.29 is 84.2 Å². The van der Waals surface area contributed by atoms with E-state index in [0.29, 0.717) is 12.3 Å². The number of hydrogen-bond donors (Lipinski definition) is 11. The Morgan fingerprint density at radius 3 is 1.90 bits per heavy atom. The molecule has 0 aliphatic carbocycles. The molecule has 20 atom stereocenters. The maximum Gasteiger partial charge on any atom is 0.187 e. The van der Waals surface area contributed by atoms with Gasteiger partial charge in [-0.05, 0) is 32.1 Å². The van der Waals surface area contributed by atoms with Crippen LogP contribution in [0.2, 0.25) is 0 Å². The molecule has 0 spiro atoms. The first-order chi connectivity index (χ1) is 23.8. The highest BCUT2D eigenvalue weighted by atomic mass is 32.2. The second-order valence-corrected chi connectivity index (χ2v) is 14.6. The van der Waals surface area contributed by atoms with Crippen molar-refractivity contribution in [3.8, 4) is 0 Å². The molecule has 4 saturated heterocycles. The van der Waals surface area contributed by atoms with Crippen LogP contribution in [-0.4, -0.2) is 193 Å². The van der Waals surface area contributed by atoms with Crippen LogP contribution in [0.4, 0.5) is 0 Å². The van der Waals surface area contributed by atoms with Crippen LogP contribution in [0.3, 0.4) is 0 Å². The maximum atomic E-state index is 11.2. The molecule has 50 heavy (non-hydrogen) atoms. The van der Waals surface area contributed by atoms with Gasteiger partial charge >= 0.3 is 0 Å². The summed E-state index contributed by atoms with van der Waals surface area (Å²) in [5.74, 6) is -0.279. The number of thioether (sulfide) groups is 1. The van der Waals surface area contributed by atoms with Gasteiger partial charge < -0.3 is 89.5 Å². The molecule has 0 amide bonds. The molecule has 0 saturated carbocycles. The second-order valence-electron chi connectivity index (χ2n) is 13.4. The normalized spacial score (nSPS) is 48.8. The number of rotatable bonds is 15. The molecular weight excluding hydrogens is 690 g/mol. The number of hydrogen-bond acceptors (Lipinski definition) is 19. The number of ether oxygens (including phenoxy) is 7. The Kier molecular flexibility index (Phi) is 16.3. The molecule has 0 radical (unpaired) electrons. The summed E-state index contributed by atoms with van der Waals surface area (Å²) in [5.41, 5.74) is -0.620. The molecule has 4 aliphatic heterocycles. The molecule has 0 bridgehead atoms. The van der Waals surface area contributed by atoms with Crippen molar-refractivity contribution in [2.75, 3.05) is 25.5 Å². The number of unbranched alkanes of at least 4 members (excludes halogenated alkanes) is 1. The van der Waals surface area contributed by atoms with Gasteiger partial charge in [0.05, 0.1) is 31.5 Å². The summed E-state index contributed by atoms with van der Waals surface area (Å²) in [6, 6.07) is -0.693. The largest absolute Gasteiger partial charge is 0.394 e. The maximum absolute atomic E-state index is 11.2. The first kappa shape index (κ1) is 42.4. The number of nitrogens with one attached hydrogen (secondary N) is 1. The Morgan fingerprint density at radius 2 is 1.26 bits per heavy atom. The smallest absolute Gasteiger partial charge is 0.187 e. The fraction of sp³-hybridized carbons (Fsp3) is 1.00. The zero-order valence-electron chi connectivity index (χ0n) is 28.7. The monoisotopic (exact) mass is 747 g/mol. The lowest BCUT2D eigenvalue weighted by molar-refractivity contribution is -0.392. The van der Waals surface area contributed by atoms with Gasteiger partial charge in [-0.25, -0.2) is 0 Å².